The van der Waals surface area contributed by atoms with Gasteiger partial charge in [0.15, 0.2) is 0 Å². The van der Waals surface area contributed by atoms with Gasteiger partial charge in [-0.05, 0) is 6.42 Å². The average molecular weight is 932 g/mol. The van der Waals surface area contributed by atoms with E-state index in [4.69, 9.17) is 20.7 Å². The van der Waals surface area contributed by atoms with Crippen molar-refractivity contribution in [3.8, 4) is 23.7 Å². The molecule has 0 heterocycles. The minimum absolute atomic E-state index is 0.949. The Bertz CT molecular complexity index is 1610. The van der Waals surface area contributed by atoms with Gasteiger partial charge < -0.3 is 0 Å². The molecule has 65 heavy (non-hydrogen) atoms. The molecule has 0 fully saturated rings. The molecule has 2 nitrogen and oxygen atoms in total. The third-order valence-electron chi connectivity index (χ3n) is 13.1. The van der Waals surface area contributed by atoms with Gasteiger partial charge in [-0.15, -0.1) is 0 Å². The van der Waals surface area contributed by atoms with Crippen molar-refractivity contribution in [1.29, 1.82) is 0 Å². The second-order valence-corrected chi connectivity index (χ2v) is 19.6. The zero-order chi connectivity index (χ0) is 46.5. The number of unbranched alkanes of at least 4 members (excludes halogenated alkanes) is 30. The molecule has 0 spiro atoms. The molecule has 2 rings (SSSR count). The summed E-state index contributed by atoms with van der Waals surface area (Å²) in [6, 6.07) is 17.6. The summed E-state index contributed by atoms with van der Waals surface area (Å²) in [4.78, 5) is 5.50. The number of hydrogen-bond donors (Lipinski definition) is 0. The predicted molar refractivity (Wildman–Crippen MR) is 286 cm³/mol. The molecule has 0 unspecified atom stereocenters. The second-order valence-electron chi connectivity index (χ2n) is 19.1. The minimum atomic E-state index is 0.949. The molecule has 0 radical (unpaired) electrons. The Morgan fingerprint density at radius 2 is 0.754 bits per heavy atom. The van der Waals surface area contributed by atoms with Crippen LogP contribution in [0.4, 0.5) is 11.4 Å². The molecule has 0 aliphatic carbocycles. The van der Waals surface area contributed by atoms with Crippen molar-refractivity contribution < 1.29 is 19.3 Å². The molecule has 0 amide bonds. The van der Waals surface area contributed by atoms with Crippen LogP contribution in [-0.4, -0.2) is 15.1 Å². The maximum atomic E-state index is 5.97. The number of benzene rings is 2. The van der Waals surface area contributed by atoms with E-state index in [0.717, 1.165) is 101 Å². The Morgan fingerprint density at radius 1 is 0.400 bits per heavy atom. The van der Waals surface area contributed by atoms with Crippen molar-refractivity contribution in [3.05, 3.63) is 59.7 Å². The van der Waals surface area contributed by atoms with Crippen molar-refractivity contribution in [2.24, 2.45) is 4.99 Å². The molecule has 0 aliphatic rings. The topological polar surface area (TPSA) is 15.4 Å². The summed E-state index contributed by atoms with van der Waals surface area (Å²) in [6.45, 7) is 9.16. The third kappa shape index (κ3) is 31.1. The van der Waals surface area contributed by atoms with E-state index < -0.39 is 0 Å². The first-order valence-corrected chi connectivity index (χ1v) is 28.5. The van der Waals surface area contributed by atoms with Gasteiger partial charge in [0, 0.05) is 0 Å². The van der Waals surface area contributed by atoms with E-state index in [9.17, 15) is 0 Å². The summed E-state index contributed by atoms with van der Waals surface area (Å²) in [5.74, 6) is 14.0. The molecular formula is C62H100N2Ni+. The smallest absolute Gasteiger partial charge is 0.0654 e. The first-order chi connectivity index (χ1) is 32.2. The van der Waals surface area contributed by atoms with Gasteiger partial charge in [0.05, 0.1) is 0 Å². The van der Waals surface area contributed by atoms with Crippen LogP contribution in [0.25, 0.3) is 0 Å². The van der Waals surface area contributed by atoms with Crippen LogP contribution < -0.4 is 0 Å². The fourth-order valence-corrected chi connectivity index (χ4v) is 9.32. The quantitative estimate of drug-likeness (QED) is 0.0273. The van der Waals surface area contributed by atoms with Gasteiger partial charge in [0.2, 0.25) is 0 Å². The SMILES string of the molecule is CCCCCCCCCCCCCCCC#CCCCc1ccccc1N=C(CCCC)C(CCCC)=[N+]([Ni])c1ccccc1CCCC#CCCCCCCCCCCCCCCC. The zero-order valence-corrected chi connectivity index (χ0v) is 44.1. The summed E-state index contributed by atoms with van der Waals surface area (Å²) >= 11 is 5.97. The van der Waals surface area contributed by atoms with Gasteiger partial charge in [-0.2, -0.15) is 0 Å². The van der Waals surface area contributed by atoms with Crippen LogP contribution in [0.5, 0.6) is 0 Å². The monoisotopic (exact) mass is 931 g/mol. The summed E-state index contributed by atoms with van der Waals surface area (Å²) in [6.07, 6.45) is 50.8. The molecule has 2 aromatic rings. The van der Waals surface area contributed by atoms with Gasteiger partial charge in [0.1, 0.15) is 0 Å². The maximum absolute atomic E-state index is 5.97. The molecule has 0 atom stereocenters. The third-order valence-corrected chi connectivity index (χ3v) is 13.6. The molecule has 2 aromatic carbocycles. The first kappa shape index (κ1) is 58.5. The van der Waals surface area contributed by atoms with E-state index in [1.54, 1.807) is 0 Å². The molecule has 3 heteroatoms. The Labute approximate surface area is 412 Å². The van der Waals surface area contributed by atoms with E-state index in [1.807, 2.05) is 0 Å². The number of aryl methyl sites for hydroxylation is 2. The number of nitrogens with zero attached hydrogens (tertiary/aromatic N) is 2. The van der Waals surface area contributed by atoms with Crippen molar-refractivity contribution in [2.45, 2.75) is 285 Å². The van der Waals surface area contributed by atoms with E-state index in [-0.39, 0.29) is 0 Å². The second kappa shape index (κ2) is 43.9. The summed E-state index contributed by atoms with van der Waals surface area (Å²) in [5.41, 5.74) is 7.31. The molecule has 0 N–H and O–H groups in total. The van der Waals surface area contributed by atoms with E-state index in [0.29, 0.717) is 0 Å². The van der Waals surface area contributed by atoms with Crippen LogP contribution in [0.3, 0.4) is 0 Å². The van der Waals surface area contributed by atoms with Crippen molar-refractivity contribution in [3.63, 3.8) is 0 Å². The van der Waals surface area contributed by atoms with Gasteiger partial charge in [0.25, 0.3) is 0 Å². The molecule has 0 aromatic heterocycles. The Morgan fingerprint density at radius 3 is 1.22 bits per heavy atom. The molecule has 367 valence electrons. The van der Waals surface area contributed by atoms with Crippen LogP contribution in [-0.2, 0) is 28.5 Å². The molecule has 0 bridgehead atoms. The van der Waals surface area contributed by atoms with Crippen LogP contribution in [0.15, 0.2) is 53.5 Å². The molecule has 0 saturated heterocycles. The Kier molecular flexibility index (Phi) is 39.6. The van der Waals surface area contributed by atoms with E-state index in [2.05, 4.69) is 104 Å². The van der Waals surface area contributed by atoms with Gasteiger partial charge in [-0.1, -0.05) is 155 Å². The first-order valence-electron chi connectivity index (χ1n) is 28.1. The van der Waals surface area contributed by atoms with Crippen molar-refractivity contribution in [2.75, 3.05) is 0 Å². The standard InChI is InChI=1S/C62H100N2.Ni/c1-5-9-13-15-17-19-21-23-25-27-29-31-33-35-37-39-41-43-49-57-51-45-47-55-59(57)63-61(53-11-7-3)62(54-12-8-4)64-60-56-48-46-52-58(60)50-44-42-40-38-36-34-32-30-28-26-24-22-20-18-16-14-10-6-2;/h45-48,51-52,55-56H,5-36,41-44,49-50,53-54H2,1-4H3;/q;+1. The van der Waals surface area contributed by atoms with Crippen LogP contribution in [0.1, 0.15) is 283 Å². The zero-order valence-electron chi connectivity index (χ0n) is 43.1. The number of rotatable bonds is 41. The summed E-state index contributed by atoms with van der Waals surface area (Å²) in [7, 11) is 0. The fourth-order valence-electron chi connectivity index (χ4n) is 8.87. The average Bonchev–Trinajstić information content (AvgIpc) is 3.32. The van der Waals surface area contributed by atoms with E-state index >= 15 is 0 Å². The van der Waals surface area contributed by atoms with E-state index in [1.165, 1.54) is 189 Å². The Balaban J connectivity index is 1.89. The van der Waals surface area contributed by atoms with Gasteiger partial charge in [-0.25, -0.2) is 0 Å². The van der Waals surface area contributed by atoms with Crippen LogP contribution >= 0.6 is 0 Å². The number of hydrogen-bond acceptors (Lipinski definition) is 1. The van der Waals surface area contributed by atoms with Gasteiger partial charge >= 0.3 is 253 Å². The van der Waals surface area contributed by atoms with Gasteiger partial charge in [-0.3, -0.25) is 0 Å². The van der Waals surface area contributed by atoms with Crippen molar-refractivity contribution in [1.82, 2.24) is 0 Å². The van der Waals surface area contributed by atoms with Crippen LogP contribution in [0, 0.1) is 23.7 Å². The Hall–Kier alpha value is -2.61. The summed E-state index contributed by atoms with van der Waals surface area (Å²) in [5, 5.41) is 0. The van der Waals surface area contributed by atoms with Crippen LogP contribution in [0.2, 0.25) is 0 Å². The normalized spacial score (nSPS) is 11.9. The minimum Gasteiger partial charge on any atom is -0.0654 e. The number of aliphatic imine (C=N–C) groups is 1. The molecule has 0 aliphatic heterocycles. The molecule has 0 saturated carbocycles. The predicted octanol–water partition coefficient (Wildman–Crippen LogP) is 20.0. The van der Waals surface area contributed by atoms with Crippen molar-refractivity contribution >= 4 is 22.8 Å². The molecular weight excluding hydrogens is 831 g/mol. The summed E-state index contributed by atoms with van der Waals surface area (Å²) < 4.78 is 2.12. The fraction of sp³-hybridized carbons (Fsp3) is 0.710. The number of para-hydroxylation sites is 2.